The van der Waals surface area contributed by atoms with E-state index < -0.39 is 84.6 Å². The molecule has 0 aromatic carbocycles. The number of rotatable bonds is 24. The number of thioether (sulfide) groups is 1. The van der Waals surface area contributed by atoms with Crippen molar-refractivity contribution >= 4 is 69.1 Å². The third kappa shape index (κ3) is 14.5. The van der Waals surface area contributed by atoms with E-state index in [0.717, 1.165) is 86.8 Å². The monoisotopic (exact) mass is 1180 g/mol. The van der Waals surface area contributed by atoms with E-state index in [4.69, 9.17) is 19.5 Å². The summed E-state index contributed by atoms with van der Waals surface area (Å²) in [4.78, 5) is 89.8. The van der Waals surface area contributed by atoms with Crippen molar-refractivity contribution in [2.24, 2.45) is 51.8 Å². The zero-order chi connectivity index (χ0) is 57.3. The predicted octanol–water partition coefficient (Wildman–Crippen LogP) is 4.02. The molecule has 2 aromatic heterocycles. The molecule has 2 aromatic rings. The van der Waals surface area contributed by atoms with Crippen LogP contribution in [0, 0.1) is 51.8 Å². The summed E-state index contributed by atoms with van der Waals surface area (Å²) in [6.07, 6.45) is 4.28. The first-order valence-electron chi connectivity index (χ1n) is 26.5. The van der Waals surface area contributed by atoms with Gasteiger partial charge in [-0.3, -0.25) is 32.5 Å². The summed E-state index contributed by atoms with van der Waals surface area (Å²) in [6.45, 7) is 9.48. The lowest BCUT2D eigenvalue weighted by atomic mass is 9.43. The number of amides is 2. The van der Waals surface area contributed by atoms with Crippen LogP contribution in [-0.2, 0) is 50.7 Å². The molecule has 7 rings (SSSR count). The number of aromatic nitrogens is 4. The van der Waals surface area contributed by atoms with Crippen molar-refractivity contribution < 1.29 is 90.7 Å². The van der Waals surface area contributed by atoms with Crippen LogP contribution in [-0.4, -0.2) is 145 Å². The second-order valence-electron chi connectivity index (χ2n) is 23.1. The van der Waals surface area contributed by atoms with Gasteiger partial charge in [-0.2, -0.15) is 4.31 Å². The molecule has 2 amide bonds. The maximum atomic E-state index is 13.0. The van der Waals surface area contributed by atoms with Gasteiger partial charge < -0.3 is 61.1 Å². The number of carbonyl (C=O) groups excluding carboxylic acids is 3. The van der Waals surface area contributed by atoms with Crippen LogP contribution in [0.2, 0.25) is 0 Å². The summed E-state index contributed by atoms with van der Waals surface area (Å²) in [5, 5.41) is 48.7. The number of anilines is 1. The minimum absolute atomic E-state index is 0.0280. The largest absolute Gasteiger partial charge is 0.481 e. The number of fused-ring (bicyclic) bond motifs is 6. The number of carbonyl (C=O) groups is 3. The highest BCUT2D eigenvalue weighted by Crippen LogP contribution is 2.68. The van der Waals surface area contributed by atoms with Crippen LogP contribution in [0.5, 0.6) is 0 Å². The molecule has 3 heterocycles. The number of allylic oxidation sites excluding steroid dienone is 1. The van der Waals surface area contributed by atoms with E-state index in [9.17, 15) is 68.1 Å². The number of phosphoric acid groups is 3. The number of imidazole rings is 1. The zero-order valence-corrected chi connectivity index (χ0v) is 48.2. The van der Waals surface area contributed by atoms with E-state index in [1.54, 1.807) is 6.92 Å². The lowest BCUT2D eigenvalue weighted by Gasteiger charge is -2.62. The first-order chi connectivity index (χ1) is 36.4. The Bertz CT molecular complexity index is 2660. The fourth-order valence-corrected chi connectivity index (χ4v) is 16.9. The first kappa shape index (κ1) is 62.8. The highest BCUT2D eigenvalue weighted by molar-refractivity contribution is 8.14. The number of nitrogens with zero attached hydrogens (tertiary/aromatic N) is 4. The minimum atomic E-state index is -5.60. The molecular weight excluding hydrogens is 1100 g/mol. The molecule has 4 aliphatic carbocycles. The molecule has 78 heavy (non-hydrogen) atoms. The average Bonchev–Trinajstić information content (AvgIpc) is 4.21. The molecule has 30 heteroatoms. The van der Waals surface area contributed by atoms with Gasteiger partial charge in [0.25, 0.3) is 0 Å². The number of nitrogens with two attached hydrogens (primary N) is 1. The number of nitrogen functional groups attached to an aromatic ring is 1. The second kappa shape index (κ2) is 25.0. The number of hydrogen-bond donors (Lipinski definition) is 11. The summed E-state index contributed by atoms with van der Waals surface area (Å²) in [7, 11) is -16.5. The van der Waals surface area contributed by atoms with Crippen molar-refractivity contribution in [3.8, 4) is 0 Å². The molecule has 0 radical (unpaired) electrons. The lowest BCUT2D eigenvalue weighted by Crippen LogP contribution is -2.58. The average molecular weight is 1180 g/mol. The van der Waals surface area contributed by atoms with Gasteiger partial charge in [-0.15, -0.1) is 0 Å². The Balaban J connectivity index is 0.775. The fourth-order valence-electron chi connectivity index (χ4n) is 13.4. The molecule has 5 fully saturated rings. The maximum Gasteiger partial charge on any atom is 0.481 e. The predicted molar refractivity (Wildman–Crippen MR) is 282 cm³/mol. The van der Waals surface area contributed by atoms with Crippen LogP contribution < -0.4 is 16.4 Å². The minimum Gasteiger partial charge on any atom is -0.393 e. The molecule has 17 atom stereocenters. The first-order valence-corrected chi connectivity index (χ1v) is 32.0. The quantitative estimate of drug-likeness (QED) is 0.0402. The van der Waals surface area contributed by atoms with E-state index >= 15 is 0 Å². The number of hydrogen-bond acceptors (Lipinski definition) is 20. The Hall–Kier alpha value is -2.78. The number of phosphoric ester groups is 3. The molecule has 4 saturated carbocycles. The molecule has 0 bridgehead atoms. The Morgan fingerprint density at radius 1 is 0.962 bits per heavy atom. The van der Waals surface area contributed by atoms with Gasteiger partial charge in [-0.25, -0.2) is 28.6 Å². The van der Waals surface area contributed by atoms with Gasteiger partial charge in [0.1, 0.15) is 36.3 Å². The van der Waals surface area contributed by atoms with E-state index in [-0.39, 0.29) is 64.6 Å². The van der Waals surface area contributed by atoms with Crippen LogP contribution in [0.25, 0.3) is 11.2 Å². The van der Waals surface area contributed by atoms with Gasteiger partial charge >= 0.3 is 23.5 Å². The van der Waals surface area contributed by atoms with Crippen molar-refractivity contribution in [1.29, 1.82) is 0 Å². The van der Waals surface area contributed by atoms with Crippen LogP contribution in [0.1, 0.15) is 118 Å². The van der Waals surface area contributed by atoms with Crippen molar-refractivity contribution in [2.45, 2.75) is 155 Å². The summed E-state index contributed by atoms with van der Waals surface area (Å²) in [6, 6.07) is 0. The topological polar surface area (TPSA) is 404 Å². The van der Waals surface area contributed by atoms with Crippen molar-refractivity contribution in [1.82, 2.24) is 30.2 Å². The highest BCUT2D eigenvalue weighted by atomic mass is 32.2. The highest BCUT2D eigenvalue weighted by Gasteiger charge is 2.63. The SMILES string of the molecule is CC(=CCCC(C)C1CCC2C3C(O)CC4CC(O)CCC4(C)C3CCC12C)C(=O)SCCNC(=O)CCNC(=O)C(O)C(C)(C)COP(=O)(O)OP(=O)(O)OCC1OC(n2cnc3c(N)ncnc32)C(O)C1OP(=O)(O)O. The maximum absolute atomic E-state index is 13.0. The number of aliphatic hydroxyl groups is 4. The van der Waals surface area contributed by atoms with Crippen LogP contribution in [0.15, 0.2) is 24.3 Å². The molecule has 12 N–H and O–H groups in total. The molecule has 17 unspecified atom stereocenters. The number of aliphatic hydroxyl groups excluding tert-OH is 4. The third-order valence-corrected chi connectivity index (χ3v) is 21.6. The van der Waals surface area contributed by atoms with E-state index in [0.29, 0.717) is 46.8 Å². The van der Waals surface area contributed by atoms with Gasteiger partial charge in [0, 0.05) is 30.7 Å². The summed E-state index contributed by atoms with van der Waals surface area (Å²) < 4.78 is 62.8. The Kier molecular flexibility index (Phi) is 20.1. The number of ether oxygens (including phenoxy) is 1. The fraction of sp³-hybridized carbons (Fsp3) is 0.792. The number of nitrogens with one attached hydrogen (secondary N) is 2. The standard InChI is InChI=1S/C48H78N7O19P3S/c1-26(30-10-11-31-36-32(13-16-48(30,31)6)47(5)15-12-29(56)20-28(47)21-33(36)57)8-7-9-27(2)45(62)78-19-18-50-35(58)14-17-51-43(61)40(60)46(3,4)23-71-77(68,69)74-76(66,67)70-22-34-39(73-75(63,64)65)38(59)44(72-34)55-25-54-37-41(49)52-24-53-42(37)55/h9,24-26,28-34,36,38-40,44,56-57,59-60H,7-8,10-23H2,1-6H3,(H,50,58)(H,51,61)(H,66,67)(H,68,69)(H2,49,52,53)(H2,63,64,65). The zero-order valence-electron chi connectivity index (χ0n) is 44.7. The van der Waals surface area contributed by atoms with E-state index in [1.807, 2.05) is 6.08 Å². The van der Waals surface area contributed by atoms with Crippen molar-refractivity contribution in [3.05, 3.63) is 24.3 Å². The smallest absolute Gasteiger partial charge is 0.393 e. The third-order valence-electron chi connectivity index (χ3n) is 17.5. The molecule has 440 valence electrons. The van der Waals surface area contributed by atoms with E-state index in [2.05, 4.69) is 55.2 Å². The summed E-state index contributed by atoms with van der Waals surface area (Å²) >= 11 is 1.09. The molecule has 5 aliphatic rings. The Labute approximate surface area is 457 Å². The molecule has 1 saturated heterocycles. The normalized spacial score (nSPS) is 33.7. The lowest BCUT2D eigenvalue weighted by molar-refractivity contribution is -0.174. The van der Waals surface area contributed by atoms with Gasteiger partial charge in [-0.1, -0.05) is 52.5 Å². The van der Waals surface area contributed by atoms with E-state index in [1.165, 1.54) is 20.3 Å². The van der Waals surface area contributed by atoms with Gasteiger partial charge in [-0.05, 0) is 123 Å². The molecule has 1 aliphatic heterocycles. The summed E-state index contributed by atoms with van der Waals surface area (Å²) in [5.41, 5.74) is 5.28. The van der Waals surface area contributed by atoms with Crippen LogP contribution in [0.4, 0.5) is 5.82 Å². The van der Waals surface area contributed by atoms with Crippen molar-refractivity contribution in [2.75, 3.05) is 37.8 Å². The van der Waals surface area contributed by atoms with Crippen LogP contribution in [0.3, 0.4) is 0 Å². The second-order valence-corrected chi connectivity index (χ2v) is 28.4. The van der Waals surface area contributed by atoms with Crippen molar-refractivity contribution in [3.63, 3.8) is 0 Å². The summed E-state index contributed by atoms with van der Waals surface area (Å²) in [5.74, 6) is 1.56. The molecule has 0 spiro atoms. The molecular formula is C48H78N7O19P3S. The van der Waals surface area contributed by atoms with Gasteiger partial charge in [0.2, 0.25) is 16.9 Å². The molecule has 26 nitrogen and oxygen atoms in total. The Morgan fingerprint density at radius 2 is 1.65 bits per heavy atom. The Morgan fingerprint density at radius 3 is 2.37 bits per heavy atom. The van der Waals surface area contributed by atoms with Gasteiger partial charge in [0.05, 0.1) is 31.7 Å². The van der Waals surface area contributed by atoms with Gasteiger partial charge in [0.15, 0.2) is 17.7 Å². The van der Waals surface area contributed by atoms with Crippen LogP contribution >= 0.6 is 35.2 Å².